The van der Waals surface area contributed by atoms with Crippen LogP contribution in [0.4, 0.5) is 0 Å². The summed E-state index contributed by atoms with van der Waals surface area (Å²) in [6.07, 6.45) is 13.3. The number of aliphatic imine (C=N–C) groups is 1. The summed E-state index contributed by atoms with van der Waals surface area (Å²) in [5.74, 6) is 0.604. The van der Waals surface area contributed by atoms with Crippen LogP contribution in [0.2, 0.25) is 0 Å². The molecule has 0 aromatic heterocycles. The summed E-state index contributed by atoms with van der Waals surface area (Å²) >= 11 is 0. The van der Waals surface area contributed by atoms with Crippen LogP contribution in [0.1, 0.15) is 58.8 Å². The largest absolute Gasteiger partial charge is 0.269 e. The second kappa shape index (κ2) is 7.43. The number of hydrogen-bond donors (Lipinski definition) is 0. The Hall–Kier alpha value is -0.850. The van der Waals surface area contributed by atoms with E-state index in [0.29, 0.717) is 5.92 Å². The van der Waals surface area contributed by atoms with Gasteiger partial charge in [0.15, 0.2) is 0 Å². The average Bonchev–Trinajstić information content (AvgIpc) is 2.35. The molecule has 0 aromatic carbocycles. The molecule has 0 aliphatic heterocycles. The number of rotatable bonds is 6. The van der Waals surface area contributed by atoms with E-state index in [-0.39, 0.29) is 0 Å². The molecule has 0 fully saturated rings. The maximum absolute atomic E-state index is 4.22. The van der Waals surface area contributed by atoms with E-state index in [1.54, 1.807) is 5.57 Å². The predicted molar refractivity (Wildman–Crippen MR) is 72.9 cm³/mol. The average molecular weight is 219 g/mol. The quantitative estimate of drug-likeness (QED) is 0.445. The van der Waals surface area contributed by atoms with Crippen LogP contribution in [0.25, 0.3) is 0 Å². The van der Waals surface area contributed by atoms with Gasteiger partial charge >= 0.3 is 0 Å². The number of hydrogen-bond acceptors (Lipinski definition) is 1. The highest BCUT2D eigenvalue weighted by molar-refractivity contribution is 5.33. The number of nitrogens with zero attached hydrogens (tertiary/aromatic N) is 1. The molecule has 0 saturated heterocycles. The first-order valence-corrected chi connectivity index (χ1v) is 6.68. The molecule has 1 aliphatic rings. The van der Waals surface area contributed by atoms with Crippen molar-refractivity contribution in [1.29, 1.82) is 0 Å². The Bertz CT molecular complexity index is 273. The van der Waals surface area contributed by atoms with Gasteiger partial charge in [-0.1, -0.05) is 32.4 Å². The van der Waals surface area contributed by atoms with Crippen LogP contribution in [-0.4, -0.2) is 6.72 Å². The van der Waals surface area contributed by atoms with Crippen molar-refractivity contribution in [2.75, 3.05) is 0 Å². The van der Waals surface area contributed by atoms with E-state index in [9.17, 15) is 0 Å². The zero-order valence-electron chi connectivity index (χ0n) is 10.8. The zero-order valence-corrected chi connectivity index (χ0v) is 10.8. The summed E-state index contributed by atoms with van der Waals surface area (Å²) in [6, 6.07) is 0. The number of allylic oxidation sites excluding steroid dienone is 4. The second-order valence-electron chi connectivity index (χ2n) is 4.57. The Morgan fingerprint density at radius 2 is 2.06 bits per heavy atom. The van der Waals surface area contributed by atoms with Crippen LogP contribution in [0.3, 0.4) is 0 Å². The van der Waals surface area contributed by atoms with Gasteiger partial charge in [0.2, 0.25) is 0 Å². The minimum Gasteiger partial charge on any atom is -0.269 e. The van der Waals surface area contributed by atoms with Crippen LogP contribution < -0.4 is 0 Å². The lowest BCUT2D eigenvalue weighted by atomic mass is 9.85. The van der Waals surface area contributed by atoms with E-state index in [2.05, 4.69) is 37.7 Å². The lowest BCUT2D eigenvalue weighted by Crippen LogP contribution is -2.07. The lowest BCUT2D eigenvalue weighted by Gasteiger charge is -2.22. The molecule has 1 heteroatoms. The Morgan fingerprint density at radius 3 is 2.69 bits per heavy atom. The maximum atomic E-state index is 4.22. The third-order valence-corrected chi connectivity index (χ3v) is 3.38. The Labute approximate surface area is 100 Å². The predicted octanol–water partition coefficient (Wildman–Crippen LogP) is 4.90. The van der Waals surface area contributed by atoms with E-state index in [1.807, 2.05) is 0 Å². The van der Waals surface area contributed by atoms with Gasteiger partial charge in [-0.25, -0.2) is 0 Å². The van der Waals surface area contributed by atoms with Crippen molar-refractivity contribution in [3.63, 3.8) is 0 Å². The van der Waals surface area contributed by atoms with Gasteiger partial charge in [0.05, 0.1) is 0 Å². The zero-order chi connectivity index (χ0) is 11.8. The van der Waals surface area contributed by atoms with E-state index in [1.165, 1.54) is 44.2 Å². The fourth-order valence-electron chi connectivity index (χ4n) is 2.42. The lowest BCUT2D eigenvalue weighted by molar-refractivity contribution is 0.586. The Kier molecular flexibility index (Phi) is 6.14. The van der Waals surface area contributed by atoms with E-state index < -0.39 is 0 Å². The molecular weight excluding hydrogens is 194 g/mol. The first-order chi connectivity index (χ1) is 7.83. The maximum Gasteiger partial charge on any atom is 0.0394 e. The molecule has 1 nitrogen and oxygen atoms in total. The van der Waals surface area contributed by atoms with Gasteiger partial charge in [-0.3, -0.25) is 4.99 Å². The van der Waals surface area contributed by atoms with Gasteiger partial charge in [-0.2, -0.15) is 0 Å². The van der Waals surface area contributed by atoms with Gasteiger partial charge in [-0.05, 0) is 56.7 Å². The normalized spacial score (nSPS) is 19.1. The molecule has 0 radical (unpaired) electrons. The molecule has 0 bridgehead atoms. The molecule has 0 amide bonds. The standard InChI is InChI=1S/C15H25N/c1-4-6-7-10-13(5-2)14-11-8-9-12-15(14)16-3/h7,10,13H,3-6,8-9,11-12H2,1-2H3/b10-7+. The van der Waals surface area contributed by atoms with Crippen molar-refractivity contribution in [3.05, 3.63) is 23.4 Å². The smallest absolute Gasteiger partial charge is 0.0394 e. The third kappa shape index (κ3) is 3.62. The fraction of sp³-hybridized carbons (Fsp3) is 0.667. The summed E-state index contributed by atoms with van der Waals surface area (Å²) in [4.78, 5) is 4.22. The van der Waals surface area contributed by atoms with Gasteiger partial charge in [0, 0.05) is 5.70 Å². The molecule has 1 unspecified atom stereocenters. The molecule has 1 aliphatic carbocycles. The van der Waals surface area contributed by atoms with Crippen LogP contribution in [0.15, 0.2) is 28.4 Å². The number of unbranched alkanes of at least 4 members (excludes halogenated alkanes) is 1. The Morgan fingerprint density at radius 1 is 1.31 bits per heavy atom. The van der Waals surface area contributed by atoms with Gasteiger partial charge < -0.3 is 0 Å². The van der Waals surface area contributed by atoms with Crippen molar-refractivity contribution in [1.82, 2.24) is 0 Å². The highest BCUT2D eigenvalue weighted by Gasteiger charge is 2.17. The molecule has 0 aromatic rings. The summed E-state index contributed by atoms with van der Waals surface area (Å²) in [5, 5.41) is 0. The van der Waals surface area contributed by atoms with Crippen LogP contribution in [0, 0.1) is 5.92 Å². The highest BCUT2D eigenvalue weighted by atomic mass is 14.7. The summed E-state index contributed by atoms with van der Waals surface area (Å²) in [5.41, 5.74) is 2.83. The van der Waals surface area contributed by atoms with Crippen molar-refractivity contribution in [2.45, 2.75) is 58.8 Å². The molecular formula is C15H25N. The molecule has 1 rings (SSSR count). The summed E-state index contributed by atoms with van der Waals surface area (Å²) in [6.45, 7) is 8.21. The minimum atomic E-state index is 0.604. The summed E-state index contributed by atoms with van der Waals surface area (Å²) < 4.78 is 0. The van der Waals surface area contributed by atoms with Gasteiger partial charge in [0.1, 0.15) is 0 Å². The Balaban J connectivity index is 2.76. The highest BCUT2D eigenvalue weighted by Crippen LogP contribution is 2.32. The van der Waals surface area contributed by atoms with Crippen LogP contribution in [-0.2, 0) is 0 Å². The second-order valence-corrected chi connectivity index (χ2v) is 4.57. The molecule has 1 atom stereocenters. The topological polar surface area (TPSA) is 12.4 Å². The van der Waals surface area contributed by atoms with Crippen molar-refractivity contribution < 1.29 is 0 Å². The molecule has 0 heterocycles. The van der Waals surface area contributed by atoms with Crippen molar-refractivity contribution >= 4 is 6.72 Å². The molecule has 0 N–H and O–H groups in total. The van der Waals surface area contributed by atoms with E-state index in [4.69, 9.17) is 0 Å². The molecule has 16 heavy (non-hydrogen) atoms. The van der Waals surface area contributed by atoms with E-state index >= 15 is 0 Å². The van der Waals surface area contributed by atoms with E-state index in [0.717, 1.165) is 6.42 Å². The monoisotopic (exact) mass is 219 g/mol. The summed E-state index contributed by atoms with van der Waals surface area (Å²) in [7, 11) is 0. The third-order valence-electron chi connectivity index (χ3n) is 3.38. The molecule has 0 spiro atoms. The fourth-order valence-corrected chi connectivity index (χ4v) is 2.42. The van der Waals surface area contributed by atoms with Gasteiger partial charge in [-0.15, -0.1) is 0 Å². The first kappa shape index (κ1) is 13.2. The SMILES string of the molecule is C=NC1=C(C(/C=C/CCC)CC)CCCC1. The van der Waals surface area contributed by atoms with Gasteiger partial charge in [0.25, 0.3) is 0 Å². The molecule has 90 valence electrons. The van der Waals surface area contributed by atoms with Crippen LogP contribution >= 0.6 is 0 Å². The van der Waals surface area contributed by atoms with Crippen molar-refractivity contribution in [2.24, 2.45) is 10.9 Å². The molecule has 0 saturated carbocycles. The van der Waals surface area contributed by atoms with Crippen LogP contribution in [0.5, 0.6) is 0 Å². The van der Waals surface area contributed by atoms with Crippen molar-refractivity contribution in [3.8, 4) is 0 Å². The first-order valence-electron chi connectivity index (χ1n) is 6.68. The minimum absolute atomic E-state index is 0.604.